The molecule has 2 N–H and O–H groups in total. The highest BCUT2D eigenvalue weighted by atomic mass is 16.5. The summed E-state index contributed by atoms with van der Waals surface area (Å²) in [6.45, 7) is 1.89. The Hall–Kier alpha value is -3.39. The predicted molar refractivity (Wildman–Crippen MR) is 116 cm³/mol. The van der Waals surface area contributed by atoms with Crippen molar-refractivity contribution in [1.29, 1.82) is 0 Å². The van der Waals surface area contributed by atoms with Gasteiger partial charge < -0.3 is 19.0 Å². The number of rotatable bonds is 6. The van der Waals surface area contributed by atoms with Crippen molar-refractivity contribution in [3.63, 3.8) is 0 Å². The number of nitrogens with one attached hydrogen (secondary N) is 2. The number of furan rings is 1. The number of hydrogen-bond acceptors (Lipinski definition) is 7. The molecule has 8 nitrogen and oxygen atoms in total. The summed E-state index contributed by atoms with van der Waals surface area (Å²) in [5, 5.41) is 12.4. The van der Waals surface area contributed by atoms with Gasteiger partial charge in [0.15, 0.2) is 5.82 Å². The van der Waals surface area contributed by atoms with E-state index in [1.165, 1.54) is 0 Å². The molecule has 8 heteroatoms. The fraction of sp³-hybridized carbons (Fsp3) is 0.348. The van der Waals surface area contributed by atoms with Crippen molar-refractivity contribution in [1.82, 2.24) is 15.5 Å². The SMILES string of the molecule is COc1cc2c(cc1NC(=O)CNC1(c3noc(C)n3)CCCC1)oc1ccccc12. The lowest BCUT2D eigenvalue weighted by molar-refractivity contribution is -0.115. The number of aromatic nitrogens is 2. The Labute approximate surface area is 178 Å². The summed E-state index contributed by atoms with van der Waals surface area (Å²) in [7, 11) is 1.59. The lowest BCUT2D eigenvalue weighted by Gasteiger charge is -2.26. The molecule has 1 aliphatic carbocycles. The number of amides is 1. The standard InChI is InChI=1S/C23H24N4O4/c1-14-25-22(27-31-14)23(9-5-6-10-23)24-13-21(28)26-17-12-19-16(11-20(17)29-2)15-7-3-4-8-18(15)30-19/h3-4,7-8,11-12,24H,5-6,9-10,13H2,1-2H3,(H,26,28). The second kappa shape index (κ2) is 7.70. The zero-order chi connectivity index (χ0) is 21.4. The first kappa shape index (κ1) is 19.6. The van der Waals surface area contributed by atoms with Gasteiger partial charge in [0.25, 0.3) is 0 Å². The molecular weight excluding hydrogens is 396 g/mol. The van der Waals surface area contributed by atoms with E-state index in [-0.39, 0.29) is 12.5 Å². The first-order chi connectivity index (χ1) is 15.1. The largest absolute Gasteiger partial charge is 0.495 e. The number of carbonyl (C=O) groups is 1. The molecule has 0 saturated heterocycles. The topological polar surface area (TPSA) is 102 Å². The van der Waals surface area contributed by atoms with E-state index in [4.69, 9.17) is 13.7 Å². The number of methoxy groups -OCH3 is 1. The molecule has 1 fully saturated rings. The molecule has 0 aliphatic heterocycles. The maximum absolute atomic E-state index is 12.8. The molecule has 5 rings (SSSR count). The minimum absolute atomic E-state index is 0.120. The number of benzene rings is 2. The molecule has 1 saturated carbocycles. The van der Waals surface area contributed by atoms with Gasteiger partial charge in [-0.05, 0) is 25.0 Å². The van der Waals surface area contributed by atoms with Crippen LogP contribution in [0.1, 0.15) is 37.4 Å². The van der Waals surface area contributed by atoms with E-state index in [0.717, 1.165) is 42.0 Å². The van der Waals surface area contributed by atoms with Gasteiger partial charge >= 0.3 is 0 Å². The summed E-state index contributed by atoms with van der Waals surface area (Å²) in [5.41, 5.74) is 1.63. The number of aryl methyl sites for hydroxylation is 1. The van der Waals surface area contributed by atoms with Crippen LogP contribution in [0.4, 0.5) is 5.69 Å². The normalized spacial score (nSPS) is 15.5. The van der Waals surface area contributed by atoms with Crippen LogP contribution in [0.25, 0.3) is 21.9 Å². The second-order valence-electron chi connectivity index (χ2n) is 7.97. The molecular formula is C23H24N4O4. The highest BCUT2D eigenvalue weighted by Crippen LogP contribution is 2.38. The molecule has 160 valence electrons. The van der Waals surface area contributed by atoms with E-state index in [1.807, 2.05) is 30.3 Å². The maximum Gasteiger partial charge on any atom is 0.238 e. The van der Waals surface area contributed by atoms with Crippen LogP contribution in [-0.2, 0) is 10.3 Å². The molecule has 31 heavy (non-hydrogen) atoms. The van der Waals surface area contributed by atoms with Crippen LogP contribution in [0, 0.1) is 6.92 Å². The lowest BCUT2D eigenvalue weighted by Crippen LogP contribution is -2.44. The summed E-state index contributed by atoms with van der Waals surface area (Å²) >= 11 is 0. The van der Waals surface area contributed by atoms with Gasteiger partial charge in [0, 0.05) is 23.8 Å². The predicted octanol–water partition coefficient (Wildman–Crippen LogP) is 4.28. The van der Waals surface area contributed by atoms with Gasteiger partial charge in [-0.1, -0.05) is 36.2 Å². The Morgan fingerprint density at radius 3 is 2.71 bits per heavy atom. The highest BCUT2D eigenvalue weighted by Gasteiger charge is 2.39. The van der Waals surface area contributed by atoms with E-state index < -0.39 is 5.54 Å². The Balaban J connectivity index is 1.36. The van der Waals surface area contributed by atoms with Crippen molar-refractivity contribution in [2.24, 2.45) is 0 Å². The van der Waals surface area contributed by atoms with Crippen LogP contribution in [-0.4, -0.2) is 29.7 Å². The quantitative estimate of drug-likeness (QED) is 0.480. The van der Waals surface area contributed by atoms with Crippen molar-refractivity contribution in [2.75, 3.05) is 19.0 Å². The molecule has 4 aromatic rings. The fourth-order valence-electron chi connectivity index (χ4n) is 4.41. The van der Waals surface area contributed by atoms with Gasteiger partial charge in [0.1, 0.15) is 16.9 Å². The summed E-state index contributed by atoms with van der Waals surface area (Å²) in [6.07, 6.45) is 3.85. The third kappa shape index (κ3) is 3.53. The van der Waals surface area contributed by atoms with E-state index in [0.29, 0.717) is 28.7 Å². The maximum atomic E-state index is 12.8. The molecule has 0 radical (unpaired) electrons. The average molecular weight is 420 g/mol. The Bertz CT molecular complexity index is 1250. The van der Waals surface area contributed by atoms with Gasteiger partial charge in [0.05, 0.1) is 24.9 Å². The Morgan fingerprint density at radius 1 is 1.16 bits per heavy atom. The third-order valence-corrected chi connectivity index (χ3v) is 5.97. The van der Waals surface area contributed by atoms with E-state index in [1.54, 1.807) is 20.1 Å². The van der Waals surface area contributed by atoms with Crippen LogP contribution in [0.5, 0.6) is 5.75 Å². The monoisotopic (exact) mass is 420 g/mol. The van der Waals surface area contributed by atoms with Crippen LogP contribution < -0.4 is 15.4 Å². The van der Waals surface area contributed by atoms with Crippen molar-refractivity contribution >= 4 is 33.5 Å². The lowest BCUT2D eigenvalue weighted by atomic mass is 9.96. The van der Waals surface area contributed by atoms with Gasteiger partial charge in [-0.2, -0.15) is 4.98 Å². The van der Waals surface area contributed by atoms with Gasteiger partial charge in [-0.25, -0.2) is 0 Å². The van der Waals surface area contributed by atoms with Gasteiger partial charge in [-0.3, -0.25) is 10.1 Å². The smallest absolute Gasteiger partial charge is 0.238 e. The minimum atomic E-state index is -0.429. The Kier molecular flexibility index (Phi) is 4.86. The third-order valence-electron chi connectivity index (χ3n) is 5.97. The average Bonchev–Trinajstić information content (AvgIpc) is 3.50. The molecule has 0 spiro atoms. The molecule has 1 amide bonds. The molecule has 2 aromatic heterocycles. The van der Waals surface area contributed by atoms with Crippen LogP contribution in [0.3, 0.4) is 0 Å². The van der Waals surface area contributed by atoms with E-state index in [2.05, 4.69) is 20.8 Å². The number of para-hydroxylation sites is 1. The summed E-state index contributed by atoms with van der Waals surface area (Å²) < 4.78 is 16.6. The minimum Gasteiger partial charge on any atom is -0.495 e. The molecule has 0 atom stereocenters. The molecule has 1 aliphatic rings. The zero-order valence-electron chi connectivity index (χ0n) is 17.5. The van der Waals surface area contributed by atoms with Gasteiger partial charge in [-0.15, -0.1) is 0 Å². The number of nitrogens with zero attached hydrogens (tertiary/aromatic N) is 2. The number of carbonyl (C=O) groups excluding carboxylic acids is 1. The van der Waals surface area contributed by atoms with E-state index in [9.17, 15) is 4.79 Å². The summed E-state index contributed by atoms with van der Waals surface area (Å²) in [6, 6.07) is 11.5. The number of hydrogen-bond donors (Lipinski definition) is 2. The van der Waals surface area contributed by atoms with E-state index >= 15 is 0 Å². The number of anilines is 1. The van der Waals surface area contributed by atoms with Crippen LogP contribution in [0.15, 0.2) is 45.3 Å². The fourth-order valence-corrected chi connectivity index (χ4v) is 4.41. The molecule has 0 unspecified atom stereocenters. The molecule has 0 bridgehead atoms. The summed E-state index contributed by atoms with van der Waals surface area (Å²) in [4.78, 5) is 17.2. The first-order valence-corrected chi connectivity index (χ1v) is 10.4. The summed E-state index contributed by atoms with van der Waals surface area (Å²) in [5.74, 6) is 1.55. The van der Waals surface area contributed by atoms with Crippen LogP contribution in [0.2, 0.25) is 0 Å². The first-order valence-electron chi connectivity index (χ1n) is 10.4. The van der Waals surface area contributed by atoms with Gasteiger partial charge in [0.2, 0.25) is 11.8 Å². The second-order valence-corrected chi connectivity index (χ2v) is 7.97. The highest BCUT2D eigenvalue weighted by molar-refractivity contribution is 6.07. The van der Waals surface area contributed by atoms with Crippen molar-refractivity contribution in [3.05, 3.63) is 48.1 Å². The number of ether oxygens (including phenoxy) is 1. The molecule has 2 aromatic carbocycles. The number of fused-ring (bicyclic) bond motifs is 3. The van der Waals surface area contributed by atoms with Crippen molar-refractivity contribution in [2.45, 2.75) is 38.1 Å². The van der Waals surface area contributed by atoms with Crippen LogP contribution >= 0.6 is 0 Å². The zero-order valence-corrected chi connectivity index (χ0v) is 17.5. The molecule has 2 heterocycles. The van der Waals surface area contributed by atoms with Crippen molar-refractivity contribution in [3.8, 4) is 5.75 Å². The Morgan fingerprint density at radius 2 is 1.97 bits per heavy atom. The van der Waals surface area contributed by atoms with Crippen molar-refractivity contribution < 1.29 is 18.5 Å².